The summed E-state index contributed by atoms with van der Waals surface area (Å²) >= 11 is 0. The second-order valence-electron chi connectivity index (χ2n) is 5.40. The molecule has 1 aromatic heterocycles. The van der Waals surface area contributed by atoms with Gasteiger partial charge in [0.25, 0.3) is 5.91 Å². The summed E-state index contributed by atoms with van der Waals surface area (Å²) in [6.07, 6.45) is 2.27. The molecule has 2 aromatic rings. The maximum atomic E-state index is 11.7. The van der Waals surface area contributed by atoms with E-state index in [1.165, 1.54) is 0 Å². The summed E-state index contributed by atoms with van der Waals surface area (Å²) in [5.74, 6) is -0.00242. The highest BCUT2D eigenvalue weighted by Gasteiger charge is 2.28. The molecule has 1 amide bonds. The van der Waals surface area contributed by atoms with Crippen LogP contribution >= 0.6 is 0 Å². The van der Waals surface area contributed by atoms with Gasteiger partial charge in [0.1, 0.15) is 0 Å². The zero-order chi connectivity index (χ0) is 15.0. The Bertz CT molecular complexity index is 770. The minimum atomic E-state index is -0.499. The van der Waals surface area contributed by atoms with Crippen LogP contribution in [0.2, 0.25) is 0 Å². The van der Waals surface area contributed by atoms with E-state index in [0.29, 0.717) is 22.7 Å². The van der Waals surface area contributed by atoms with E-state index < -0.39 is 5.91 Å². The van der Waals surface area contributed by atoms with Crippen molar-refractivity contribution in [1.82, 2.24) is 4.98 Å². The third kappa shape index (κ3) is 2.50. The van der Waals surface area contributed by atoms with Crippen molar-refractivity contribution in [2.24, 2.45) is 5.73 Å². The van der Waals surface area contributed by atoms with Crippen molar-refractivity contribution in [3.63, 3.8) is 0 Å². The van der Waals surface area contributed by atoms with E-state index in [0.717, 1.165) is 29.7 Å². The minimum Gasteiger partial charge on any atom is -0.366 e. The highest BCUT2D eigenvalue weighted by atomic mass is 16.1. The molecule has 1 fully saturated rings. The van der Waals surface area contributed by atoms with Crippen LogP contribution in [0.1, 0.15) is 45.9 Å². The fourth-order valence-electron chi connectivity index (χ4n) is 2.54. The number of hydrogen-bond acceptors (Lipinski definition) is 3. The number of nitriles is 1. The molecule has 1 aliphatic rings. The molecule has 4 nitrogen and oxygen atoms in total. The zero-order valence-electron chi connectivity index (χ0n) is 11.8. The van der Waals surface area contributed by atoms with Crippen molar-refractivity contribution in [1.29, 1.82) is 5.26 Å². The Hall–Kier alpha value is -2.67. The Labute approximate surface area is 123 Å². The predicted molar refractivity (Wildman–Crippen MR) is 79.6 cm³/mol. The molecule has 104 valence electrons. The summed E-state index contributed by atoms with van der Waals surface area (Å²) < 4.78 is 0. The molecule has 0 spiro atoms. The number of rotatable bonds is 3. The van der Waals surface area contributed by atoms with E-state index in [4.69, 9.17) is 11.0 Å². The van der Waals surface area contributed by atoms with Crippen LogP contribution in [0.3, 0.4) is 0 Å². The number of nitrogens with zero attached hydrogens (tertiary/aromatic N) is 2. The van der Waals surface area contributed by atoms with Crippen LogP contribution in [-0.4, -0.2) is 10.9 Å². The number of carbonyl (C=O) groups is 1. The first kappa shape index (κ1) is 13.3. The first-order valence-electron chi connectivity index (χ1n) is 6.92. The molecular weight excluding hydrogens is 262 g/mol. The molecule has 21 heavy (non-hydrogen) atoms. The lowest BCUT2D eigenvalue weighted by molar-refractivity contribution is 0.100. The number of primary amides is 1. The fraction of sp³-hybridized carbons (Fsp3) is 0.235. The summed E-state index contributed by atoms with van der Waals surface area (Å²) in [6, 6.07) is 11.2. The molecule has 1 aromatic carbocycles. The number of amides is 1. The van der Waals surface area contributed by atoms with Gasteiger partial charge in [0.05, 0.1) is 22.9 Å². The molecule has 1 heterocycles. The topological polar surface area (TPSA) is 79.8 Å². The first-order chi connectivity index (χ1) is 10.1. The Morgan fingerprint density at radius 1 is 1.33 bits per heavy atom. The van der Waals surface area contributed by atoms with Crippen LogP contribution in [-0.2, 0) is 0 Å². The summed E-state index contributed by atoms with van der Waals surface area (Å²) in [4.78, 5) is 16.2. The van der Waals surface area contributed by atoms with Gasteiger partial charge in [0.15, 0.2) is 0 Å². The van der Waals surface area contributed by atoms with Crippen molar-refractivity contribution in [2.45, 2.75) is 25.7 Å². The van der Waals surface area contributed by atoms with Gasteiger partial charge in [-0.25, -0.2) is 0 Å². The van der Waals surface area contributed by atoms with Crippen LogP contribution in [0.15, 0.2) is 30.3 Å². The normalized spacial score (nSPS) is 13.7. The summed E-state index contributed by atoms with van der Waals surface area (Å²) in [5.41, 5.74) is 9.84. The molecule has 3 rings (SSSR count). The van der Waals surface area contributed by atoms with Crippen molar-refractivity contribution < 1.29 is 4.79 Å². The molecule has 0 unspecified atom stereocenters. The number of carbonyl (C=O) groups excluding carboxylic acids is 1. The van der Waals surface area contributed by atoms with E-state index in [9.17, 15) is 4.79 Å². The smallest absolute Gasteiger partial charge is 0.250 e. The van der Waals surface area contributed by atoms with Crippen molar-refractivity contribution in [3.05, 3.63) is 52.7 Å². The molecule has 4 heteroatoms. The second kappa shape index (κ2) is 5.02. The van der Waals surface area contributed by atoms with Crippen LogP contribution in [0.25, 0.3) is 11.3 Å². The lowest BCUT2D eigenvalue weighted by Crippen LogP contribution is -2.14. The predicted octanol–water partition coefficient (Wildman–Crippen LogP) is 2.91. The highest BCUT2D eigenvalue weighted by molar-refractivity contribution is 5.99. The quantitative estimate of drug-likeness (QED) is 0.936. The molecular formula is C17H15N3O. The van der Waals surface area contributed by atoms with Crippen LogP contribution in [0.4, 0.5) is 0 Å². The summed E-state index contributed by atoms with van der Waals surface area (Å²) in [5, 5.41) is 9.13. The lowest BCUT2D eigenvalue weighted by atomic mass is 9.95. The molecule has 0 radical (unpaired) electrons. The first-order valence-corrected chi connectivity index (χ1v) is 6.92. The largest absolute Gasteiger partial charge is 0.366 e. The number of nitrogens with two attached hydrogens (primary N) is 1. The van der Waals surface area contributed by atoms with Crippen LogP contribution in [0, 0.1) is 18.3 Å². The van der Waals surface area contributed by atoms with Gasteiger partial charge in [-0.05, 0) is 55.5 Å². The van der Waals surface area contributed by atoms with Gasteiger partial charge in [-0.1, -0.05) is 6.07 Å². The number of hydrogen-bond donors (Lipinski definition) is 1. The molecule has 0 saturated heterocycles. The van der Waals surface area contributed by atoms with Gasteiger partial charge in [0.2, 0.25) is 0 Å². The average molecular weight is 277 g/mol. The average Bonchev–Trinajstić information content (AvgIpc) is 3.30. The van der Waals surface area contributed by atoms with Crippen LogP contribution < -0.4 is 5.73 Å². The third-order valence-corrected chi connectivity index (χ3v) is 3.75. The maximum absolute atomic E-state index is 11.7. The number of pyridine rings is 1. The lowest BCUT2D eigenvalue weighted by Gasteiger charge is -2.12. The number of aryl methyl sites for hydroxylation is 1. The maximum Gasteiger partial charge on any atom is 0.250 e. The molecule has 1 aliphatic carbocycles. The molecule has 0 aliphatic heterocycles. The monoisotopic (exact) mass is 277 g/mol. The van der Waals surface area contributed by atoms with Gasteiger partial charge >= 0.3 is 0 Å². The molecule has 0 bridgehead atoms. The SMILES string of the molecule is Cc1ccc(C(N)=O)c(-c2cc(C#N)ccc2C2CC2)n1. The van der Waals surface area contributed by atoms with E-state index in [1.54, 1.807) is 12.1 Å². The molecule has 0 atom stereocenters. The van der Waals surface area contributed by atoms with Gasteiger partial charge < -0.3 is 5.73 Å². The standard InChI is InChI=1S/C17H15N3O/c1-10-2-6-14(17(19)21)16(20-10)15-8-11(9-18)3-7-13(15)12-4-5-12/h2-3,6-8,12H,4-5H2,1H3,(H2,19,21). The Balaban J connectivity index is 2.26. The van der Waals surface area contributed by atoms with Gasteiger partial charge in [0, 0.05) is 11.3 Å². The van der Waals surface area contributed by atoms with Gasteiger partial charge in [-0.2, -0.15) is 5.26 Å². The Kier molecular flexibility index (Phi) is 3.19. The highest BCUT2D eigenvalue weighted by Crippen LogP contribution is 2.44. The summed E-state index contributed by atoms with van der Waals surface area (Å²) in [7, 11) is 0. The molecule has 2 N–H and O–H groups in total. The van der Waals surface area contributed by atoms with Crippen LogP contribution in [0.5, 0.6) is 0 Å². The van der Waals surface area contributed by atoms with Crippen molar-refractivity contribution in [2.75, 3.05) is 0 Å². The number of benzene rings is 1. The second-order valence-corrected chi connectivity index (χ2v) is 5.40. The van der Waals surface area contributed by atoms with E-state index in [2.05, 4.69) is 11.1 Å². The van der Waals surface area contributed by atoms with E-state index >= 15 is 0 Å². The van der Waals surface area contributed by atoms with E-state index in [-0.39, 0.29) is 0 Å². The van der Waals surface area contributed by atoms with Gasteiger partial charge in [-0.15, -0.1) is 0 Å². The van der Waals surface area contributed by atoms with Crippen molar-refractivity contribution in [3.8, 4) is 17.3 Å². The summed E-state index contributed by atoms with van der Waals surface area (Å²) in [6.45, 7) is 1.87. The Morgan fingerprint density at radius 3 is 2.71 bits per heavy atom. The van der Waals surface area contributed by atoms with E-state index in [1.807, 2.05) is 25.1 Å². The minimum absolute atomic E-state index is 0.401. The van der Waals surface area contributed by atoms with Crippen molar-refractivity contribution >= 4 is 5.91 Å². The fourth-order valence-corrected chi connectivity index (χ4v) is 2.54. The molecule has 1 saturated carbocycles. The third-order valence-electron chi connectivity index (χ3n) is 3.75. The number of aromatic nitrogens is 1. The van der Waals surface area contributed by atoms with Gasteiger partial charge in [-0.3, -0.25) is 9.78 Å². The Morgan fingerprint density at radius 2 is 2.10 bits per heavy atom. The zero-order valence-corrected chi connectivity index (χ0v) is 11.8.